The zero-order valence-corrected chi connectivity index (χ0v) is 15.2. The van der Waals surface area contributed by atoms with Gasteiger partial charge in [-0.2, -0.15) is 0 Å². The van der Waals surface area contributed by atoms with Crippen molar-refractivity contribution in [3.8, 4) is 0 Å². The predicted octanol–water partition coefficient (Wildman–Crippen LogP) is 5.08. The summed E-state index contributed by atoms with van der Waals surface area (Å²) in [6.07, 6.45) is 4.98. The highest BCUT2D eigenvalue weighted by Gasteiger charge is 2.35. The third-order valence-corrected chi connectivity index (χ3v) is 4.94. The minimum atomic E-state index is 0.267. The Balaban J connectivity index is 2.25. The standard InChI is InChI=1S/C20H34N2/c1-6-8-12-22-19-10-9-17(15-21-11-7-2)13-18(19)16(3)14-20(22,4)5/h9-10,13,16,21H,6-8,11-12,14-15H2,1-5H3/t16-/m0/s1. The molecule has 0 fully saturated rings. The van der Waals surface area contributed by atoms with Crippen molar-refractivity contribution < 1.29 is 0 Å². The maximum Gasteiger partial charge on any atom is 0.0406 e. The van der Waals surface area contributed by atoms with Crippen LogP contribution in [0.3, 0.4) is 0 Å². The molecule has 0 bridgehead atoms. The highest BCUT2D eigenvalue weighted by molar-refractivity contribution is 5.60. The van der Waals surface area contributed by atoms with E-state index >= 15 is 0 Å². The van der Waals surface area contributed by atoms with Gasteiger partial charge in [-0.15, -0.1) is 0 Å². The SMILES string of the molecule is CCCCN1c2ccc(CNCCC)cc2[C@@H](C)CC1(C)C. The first-order valence-corrected chi connectivity index (χ1v) is 9.10. The molecule has 1 aliphatic rings. The molecule has 2 rings (SSSR count). The molecule has 0 spiro atoms. The van der Waals surface area contributed by atoms with Gasteiger partial charge >= 0.3 is 0 Å². The molecule has 0 amide bonds. The van der Waals surface area contributed by atoms with Crippen molar-refractivity contribution in [2.24, 2.45) is 0 Å². The highest BCUT2D eigenvalue weighted by atomic mass is 15.2. The molecule has 1 atom stereocenters. The van der Waals surface area contributed by atoms with Crippen LogP contribution in [0.15, 0.2) is 18.2 Å². The van der Waals surface area contributed by atoms with Crippen LogP contribution >= 0.6 is 0 Å². The lowest BCUT2D eigenvalue weighted by molar-refractivity contribution is 0.373. The summed E-state index contributed by atoms with van der Waals surface area (Å²) in [4.78, 5) is 2.65. The van der Waals surface area contributed by atoms with Gasteiger partial charge in [-0.1, -0.05) is 39.3 Å². The monoisotopic (exact) mass is 302 g/mol. The second-order valence-electron chi connectivity index (χ2n) is 7.49. The van der Waals surface area contributed by atoms with Gasteiger partial charge in [-0.3, -0.25) is 0 Å². The van der Waals surface area contributed by atoms with Crippen molar-refractivity contribution in [1.29, 1.82) is 0 Å². The van der Waals surface area contributed by atoms with Gasteiger partial charge < -0.3 is 10.2 Å². The molecule has 2 nitrogen and oxygen atoms in total. The third-order valence-electron chi connectivity index (χ3n) is 4.94. The van der Waals surface area contributed by atoms with Crippen LogP contribution in [0.5, 0.6) is 0 Å². The van der Waals surface area contributed by atoms with Gasteiger partial charge in [0.1, 0.15) is 0 Å². The van der Waals surface area contributed by atoms with Crippen molar-refractivity contribution in [3.05, 3.63) is 29.3 Å². The van der Waals surface area contributed by atoms with Gasteiger partial charge in [0.25, 0.3) is 0 Å². The first-order valence-electron chi connectivity index (χ1n) is 9.10. The molecule has 0 saturated carbocycles. The van der Waals surface area contributed by atoms with Crippen LogP contribution in [0.1, 0.15) is 77.3 Å². The average Bonchev–Trinajstić information content (AvgIpc) is 2.47. The number of hydrogen-bond donors (Lipinski definition) is 1. The smallest absolute Gasteiger partial charge is 0.0406 e. The molecular formula is C20H34N2. The zero-order valence-electron chi connectivity index (χ0n) is 15.2. The molecule has 2 heteroatoms. The second kappa shape index (κ2) is 7.50. The van der Waals surface area contributed by atoms with Crippen LogP contribution in [0.4, 0.5) is 5.69 Å². The van der Waals surface area contributed by atoms with Crippen LogP contribution in [0, 0.1) is 0 Å². The fourth-order valence-electron chi connectivity index (χ4n) is 3.80. The van der Waals surface area contributed by atoms with Crippen molar-refractivity contribution >= 4 is 5.69 Å². The molecule has 0 aromatic heterocycles. The first kappa shape index (κ1) is 17.3. The average molecular weight is 303 g/mol. The van der Waals surface area contributed by atoms with Gasteiger partial charge in [0.2, 0.25) is 0 Å². The zero-order chi connectivity index (χ0) is 16.2. The predicted molar refractivity (Wildman–Crippen MR) is 97.8 cm³/mol. The number of unbranched alkanes of at least 4 members (excludes halogenated alkanes) is 1. The molecule has 22 heavy (non-hydrogen) atoms. The maximum atomic E-state index is 3.52. The number of anilines is 1. The number of hydrogen-bond acceptors (Lipinski definition) is 2. The summed E-state index contributed by atoms with van der Waals surface area (Å²) in [6, 6.07) is 7.12. The van der Waals surface area contributed by atoms with Crippen molar-refractivity contribution in [3.63, 3.8) is 0 Å². The van der Waals surface area contributed by atoms with Crippen LogP contribution in [-0.2, 0) is 6.54 Å². The Morgan fingerprint density at radius 2 is 2.00 bits per heavy atom. The van der Waals surface area contributed by atoms with E-state index in [1.807, 2.05) is 0 Å². The summed E-state index contributed by atoms with van der Waals surface area (Å²) in [5.41, 5.74) is 4.71. The van der Waals surface area contributed by atoms with Gasteiger partial charge in [0.15, 0.2) is 0 Å². The number of nitrogens with one attached hydrogen (secondary N) is 1. The Bertz CT molecular complexity index is 479. The lowest BCUT2D eigenvalue weighted by Crippen LogP contribution is -2.48. The Kier molecular flexibility index (Phi) is 5.91. The first-order chi connectivity index (χ1) is 10.5. The summed E-state index contributed by atoms with van der Waals surface area (Å²) in [5.74, 6) is 0.647. The molecule has 1 aliphatic heterocycles. The van der Waals surface area contributed by atoms with Crippen molar-refractivity contribution in [1.82, 2.24) is 5.32 Å². The molecular weight excluding hydrogens is 268 g/mol. The van der Waals surface area contributed by atoms with Gasteiger partial charge in [0, 0.05) is 24.3 Å². The maximum absolute atomic E-state index is 3.52. The summed E-state index contributed by atoms with van der Waals surface area (Å²) in [7, 11) is 0. The second-order valence-corrected chi connectivity index (χ2v) is 7.49. The Morgan fingerprint density at radius 1 is 1.23 bits per heavy atom. The third kappa shape index (κ3) is 3.84. The van der Waals surface area contributed by atoms with Gasteiger partial charge in [-0.25, -0.2) is 0 Å². The lowest BCUT2D eigenvalue weighted by atomic mass is 9.79. The summed E-state index contributed by atoms with van der Waals surface area (Å²) >= 11 is 0. The largest absolute Gasteiger partial charge is 0.366 e. The molecule has 1 N–H and O–H groups in total. The Hall–Kier alpha value is -1.02. The molecule has 124 valence electrons. The normalized spacial score (nSPS) is 20.0. The van der Waals surface area contributed by atoms with E-state index in [-0.39, 0.29) is 5.54 Å². The summed E-state index contributed by atoms with van der Waals surface area (Å²) < 4.78 is 0. The Labute approximate surface area is 137 Å². The van der Waals surface area contributed by atoms with E-state index < -0.39 is 0 Å². The number of rotatable bonds is 7. The van der Waals surface area contributed by atoms with Gasteiger partial charge in [0.05, 0.1) is 0 Å². The van der Waals surface area contributed by atoms with E-state index in [9.17, 15) is 0 Å². The molecule has 1 aromatic carbocycles. The number of benzene rings is 1. The van der Waals surface area contributed by atoms with Crippen LogP contribution in [-0.4, -0.2) is 18.6 Å². The van der Waals surface area contributed by atoms with E-state index in [4.69, 9.17) is 0 Å². The molecule has 0 aliphatic carbocycles. The molecule has 0 radical (unpaired) electrons. The topological polar surface area (TPSA) is 15.3 Å². The van der Waals surface area contributed by atoms with Crippen LogP contribution < -0.4 is 10.2 Å². The van der Waals surface area contributed by atoms with E-state index in [1.165, 1.54) is 43.5 Å². The van der Waals surface area contributed by atoms with Gasteiger partial charge in [-0.05, 0) is 62.8 Å². The fourth-order valence-corrected chi connectivity index (χ4v) is 3.80. The molecule has 1 heterocycles. The minimum Gasteiger partial charge on any atom is -0.366 e. The minimum absolute atomic E-state index is 0.267. The quantitative estimate of drug-likeness (QED) is 0.707. The van der Waals surface area contributed by atoms with E-state index in [0.717, 1.165) is 13.1 Å². The Morgan fingerprint density at radius 3 is 2.68 bits per heavy atom. The number of nitrogens with zero attached hydrogens (tertiary/aromatic N) is 1. The van der Waals surface area contributed by atoms with Crippen molar-refractivity contribution in [2.45, 2.75) is 78.3 Å². The van der Waals surface area contributed by atoms with E-state index in [1.54, 1.807) is 5.56 Å². The van der Waals surface area contributed by atoms with E-state index in [2.05, 4.69) is 63.0 Å². The summed E-state index contributed by atoms with van der Waals surface area (Å²) in [6.45, 7) is 15.0. The summed E-state index contributed by atoms with van der Waals surface area (Å²) in [5, 5.41) is 3.52. The highest BCUT2D eigenvalue weighted by Crippen LogP contribution is 2.43. The lowest BCUT2D eigenvalue weighted by Gasteiger charge is -2.48. The molecule has 0 unspecified atom stereocenters. The molecule has 0 saturated heterocycles. The number of fused-ring (bicyclic) bond motifs is 1. The van der Waals surface area contributed by atoms with Crippen molar-refractivity contribution in [2.75, 3.05) is 18.0 Å². The molecule has 1 aromatic rings. The van der Waals surface area contributed by atoms with E-state index in [0.29, 0.717) is 5.92 Å². The van der Waals surface area contributed by atoms with Crippen LogP contribution in [0.2, 0.25) is 0 Å². The van der Waals surface area contributed by atoms with Crippen LogP contribution in [0.25, 0.3) is 0 Å². The fraction of sp³-hybridized carbons (Fsp3) is 0.700.